The fraction of sp³-hybridized carbons (Fsp3) is 0.160. The monoisotopic (exact) mass is 396 g/mol. The molecule has 0 aliphatic heterocycles. The number of hydrogen-bond donors (Lipinski definition) is 1. The zero-order chi connectivity index (χ0) is 20.8. The summed E-state index contributed by atoms with van der Waals surface area (Å²) in [5.74, 6) is -0.0898. The number of amides is 1. The molecule has 1 N–H and O–H groups in total. The molecule has 0 unspecified atom stereocenters. The molecule has 5 heteroatoms. The van der Waals surface area contributed by atoms with Crippen LogP contribution in [0, 0.1) is 0 Å². The summed E-state index contributed by atoms with van der Waals surface area (Å²) in [5, 5.41) is 3.93. The molecule has 0 radical (unpaired) electrons. The summed E-state index contributed by atoms with van der Waals surface area (Å²) in [6, 6.07) is 23.6. The number of fused-ring (bicyclic) bond motifs is 1. The predicted octanol–water partition coefficient (Wildman–Crippen LogP) is 4.55. The number of carbonyl (C=O) groups excluding carboxylic acids is 1. The maximum absolute atomic E-state index is 13.1. The molecular weight excluding hydrogens is 372 g/mol. The molecule has 0 aliphatic carbocycles. The van der Waals surface area contributed by atoms with Gasteiger partial charge in [0.25, 0.3) is 5.91 Å². The number of nitrogens with zero attached hydrogens (tertiary/aromatic N) is 3. The number of nitrogens with one attached hydrogen (secondary N) is 1. The van der Waals surface area contributed by atoms with Crippen molar-refractivity contribution in [2.75, 3.05) is 24.5 Å². The van der Waals surface area contributed by atoms with Crippen molar-refractivity contribution >= 4 is 22.5 Å². The van der Waals surface area contributed by atoms with E-state index in [9.17, 15) is 4.79 Å². The van der Waals surface area contributed by atoms with Crippen LogP contribution in [-0.2, 0) is 0 Å². The van der Waals surface area contributed by atoms with Crippen molar-refractivity contribution in [1.29, 1.82) is 0 Å². The van der Waals surface area contributed by atoms with Gasteiger partial charge in [-0.05, 0) is 43.3 Å². The topological polar surface area (TPSA) is 58.1 Å². The van der Waals surface area contributed by atoms with Crippen LogP contribution in [0.5, 0.6) is 0 Å². The molecule has 1 amide bonds. The number of carbonyl (C=O) groups is 1. The van der Waals surface area contributed by atoms with Gasteiger partial charge in [-0.1, -0.05) is 36.4 Å². The van der Waals surface area contributed by atoms with Crippen LogP contribution in [-0.4, -0.2) is 35.5 Å². The Morgan fingerprint density at radius 3 is 2.47 bits per heavy atom. The molecule has 0 saturated carbocycles. The molecule has 0 saturated heterocycles. The Bertz CT molecular complexity index is 1130. The van der Waals surface area contributed by atoms with Crippen LogP contribution < -0.4 is 10.2 Å². The maximum Gasteiger partial charge on any atom is 0.252 e. The molecule has 0 atom stereocenters. The van der Waals surface area contributed by atoms with E-state index in [1.165, 1.54) is 0 Å². The van der Waals surface area contributed by atoms with E-state index in [0.717, 1.165) is 40.9 Å². The third-order valence-corrected chi connectivity index (χ3v) is 5.11. The lowest BCUT2D eigenvalue weighted by atomic mass is 10.0. The van der Waals surface area contributed by atoms with E-state index in [2.05, 4.69) is 34.3 Å². The molecule has 0 spiro atoms. The molecule has 4 rings (SSSR count). The molecule has 0 fully saturated rings. The average molecular weight is 396 g/mol. The quantitative estimate of drug-likeness (QED) is 0.498. The standard InChI is InChI=1S/C25H24N4O/c1-2-29(20-8-4-3-5-9-20)17-16-27-25(30)22-18-24(19-12-14-26-15-13-19)28-23-11-7-6-10-21(22)23/h3-15,18H,2,16-17H2,1H3,(H,27,30). The van der Waals surface area contributed by atoms with E-state index < -0.39 is 0 Å². The molecule has 0 aliphatic rings. The van der Waals surface area contributed by atoms with E-state index >= 15 is 0 Å². The minimum absolute atomic E-state index is 0.0898. The maximum atomic E-state index is 13.1. The summed E-state index contributed by atoms with van der Waals surface area (Å²) in [5.41, 5.74) is 4.29. The molecule has 4 aromatic rings. The van der Waals surface area contributed by atoms with Crippen molar-refractivity contribution in [1.82, 2.24) is 15.3 Å². The van der Waals surface area contributed by atoms with Gasteiger partial charge in [-0.2, -0.15) is 0 Å². The van der Waals surface area contributed by atoms with E-state index in [1.807, 2.05) is 60.7 Å². The van der Waals surface area contributed by atoms with Crippen LogP contribution in [0.3, 0.4) is 0 Å². The second-order valence-corrected chi connectivity index (χ2v) is 6.98. The van der Waals surface area contributed by atoms with Gasteiger partial charge in [0, 0.05) is 48.7 Å². The lowest BCUT2D eigenvalue weighted by molar-refractivity contribution is 0.0956. The zero-order valence-corrected chi connectivity index (χ0v) is 17.0. The Labute approximate surface area is 176 Å². The van der Waals surface area contributed by atoms with Crippen molar-refractivity contribution in [2.45, 2.75) is 6.92 Å². The van der Waals surface area contributed by atoms with Crippen molar-refractivity contribution in [2.24, 2.45) is 0 Å². The first kappa shape index (κ1) is 19.6. The molecule has 30 heavy (non-hydrogen) atoms. The normalized spacial score (nSPS) is 10.7. The Morgan fingerprint density at radius 1 is 0.967 bits per heavy atom. The highest BCUT2D eigenvalue weighted by Crippen LogP contribution is 2.24. The second kappa shape index (κ2) is 9.18. The average Bonchev–Trinajstić information content (AvgIpc) is 2.82. The number of hydrogen-bond acceptors (Lipinski definition) is 4. The van der Waals surface area contributed by atoms with Gasteiger partial charge in [-0.15, -0.1) is 0 Å². The summed E-state index contributed by atoms with van der Waals surface area (Å²) in [7, 11) is 0. The third-order valence-electron chi connectivity index (χ3n) is 5.11. The molecule has 5 nitrogen and oxygen atoms in total. The highest BCUT2D eigenvalue weighted by molar-refractivity contribution is 6.07. The first-order valence-corrected chi connectivity index (χ1v) is 10.1. The molecule has 2 aromatic heterocycles. The summed E-state index contributed by atoms with van der Waals surface area (Å²) >= 11 is 0. The lowest BCUT2D eigenvalue weighted by Gasteiger charge is -2.23. The van der Waals surface area contributed by atoms with Gasteiger partial charge in [0.05, 0.1) is 16.8 Å². The van der Waals surface area contributed by atoms with Crippen molar-refractivity contribution in [3.63, 3.8) is 0 Å². The van der Waals surface area contributed by atoms with Gasteiger partial charge >= 0.3 is 0 Å². The fourth-order valence-corrected chi connectivity index (χ4v) is 3.54. The summed E-state index contributed by atoms with van der Waals surface area (Å²) in [6.07, 6.45) is 3.46. The zero-order valence-electron chi connectivity index (χ0n) is 17.0. The number of pyridine rings is 2. The molecular formula is C25H24N4O. The van der Waals surface area contributed by atoms with Crippen LogP contribution in [0.1, 0.15) is 17.3 Å². The highest BCUT2D eigenvalue weighted by Gasteiger charge is 2.14. The van der Waals surface area contributed by atoms with E-state index in [0.29, 0.717) is 12.1 Å². The Balaban J connectivity index is 1.55. The van der Waals surface area contributed by atoms with Gasteiger partial charge in [-0.25, -0.2) is 4.98 Å². The number of likely N-dealkylation sites (N-methyl/N-ethyl adjacent to an activating group) is 1. The Morgan fingerprint density at radius 2 is 1.70 bits per heavy atom. The smallest absolute Gasteiger partial charge is 0.252 e. The third kappa shape index (κ3) is 4.30. The summed E-state index contributed by atoms with van der Waals surface area (Å²) in [4.78, 5) is 24.1. The first-order chi connectivity index (χ1) is 14.8. The van der Waals surface area contributed by atoms with Gasteiger partial charge < -0.3 is 10.2 Å². The van der Waals surface area contributed by atoms with Gasteiger partial charge in [0.15, 0.2) is 0 Å². The number of anilines is 1. The highest BCUT2D eigenvalue weighted by atomic mass is 16.1. The Kier molecular flexibility index (Phi) is 5.99. The number of benzene rings is 2. The van der Waals surface area contributed by atoms with Gasteiger partial charge in [-0.3, -0.25) is 9.78 Å². The predicted molar refractivity (Wildman–Crippen MR) is 122 cm³/mol. The van der Waals surface area contributed by atoms with Crippen LogP contribution in [0.25, 0.3) is 22.2 Å². The minimum atomic E-state index is -0.0898. The SMILES string of the molecule is CCN(CCNC(=O)c1cc(-c2ccncc2)nc2ccccc12)c1ccccc1. The van der Waals surface area contributed by atoms with E-state index in [4.69, 9.17) is 4.98 Å². The van der Waals surface area contributed by atoms with Crippen molar-refractivity contribution < 1.29 is 4.79 Å². The molecule has 0 bridgehead atoms. The number of para-hydroxylation sites is 2. The number of rotatable bonds is 7. The lowest BCUT2D eigenvalue weighted by Crippen LogP contribution is -2.35. The van der Waals surface area contributed by atoms with Crippen LogP contribution in [0.4, 0.5) is 5.69 Å². The van der Waals surface area contributed by atoms with Crippen LogP contribution >= 0.6 is 0 Å². The van der Waals surface area contributed by atoms with E-state index in [-0.39, 0.29) is 5.91 Å². The van der Waals surface area contributed by atoms with Crippen molar-refractivity contribution in [3.05, 3.63) is 90.8 Å². The van der Waals surface area contributed by atoms with Crippen LogP contribution in [0.15, 0.2) is 85.2 Å². The largest absolute Gasteiger partial charge is 0.370 e. The number of aromatic nitrogens is 2. The first-order valence-electron chi connectivity index (χ1n) is 10.1. The summed E-state index contributed by atoms with van der Waals surface area (Å²) in [6.45, 7) is 4.30. The molecule has 150 valence electrons. The Hall–Kier alpha value is -3.73. The van der Waals surface area contributed by atoms with E-state index in [1.54, 1.807) is 12.4 Å². The van der Waals surface area contributed by atoms with Crippen molar-refractivity contribution in [3.8, 4) is 11.3 Å². The van der Waals surface area contributed by atoms with Gasteiger partial charge in [0.1, 0.15) is 0 Å². The minimum Gasteiger partial charge on any atom is -0.370 e. The fourth-order valence-electron chi connectivity index (χ4n) is 3.54. The molecule has 2 heterocycles. The summed E-state index contributed by atoms with van der Waals surface area (Å²) < 4.78 is 0. The second-order valence-electron chi connectivity index (χ2n) is 6.98. The molecule has 2 aromatic carbocycles. The van der Waals surface area contributed by atoms with Gasteiger partial charge in [0.2, 0.25) is 0 Å². The van der Waals surface area contributed by atoms with Crippen LogP contribution in [0.2, 0.25) is 0 Å².